The summed E-state index contributed by atoms with van der Waals surface area (Å²) >= 11 is 0. The second-order valence-electron chi connectivity index (χ2n) is 8.31. The largest absolute Gasteiger partial charge is 0.355 e. The standard InChI is InChI=1S/C24H31N3O4/c1-4-25-22(29)17(3)27(15-18-11-9-16(2)10-12-18)21(28)13-14-26-23(30)19-7-5-6-8-20(19)24(26)31/h5-6,9-12,17,19-20H,4,7-8,13-15H2,1-3H3,(H,25,29)/t17-,19-,20+/m1/s1. The molecule has 1 aromatic rings. The lowest BCUT2D eigenvalue weighted by molar-refractivity contribution is -0.143. The van der Waals surface area contributed by atoms with E-state index in [-0.39, 0.29) is 55.0 Å². The van der Waals surface area contributed by atoms with Gasteiger partial charge in [-0.15, -0.1) is 0 Å². The molecule has 3 rings (SSSR count). The van der Waals surface area contributed by atoms with E-state index in [0.29, 0.717) is 19.4 Å². The van der Waals surface area contributed by atoms with E-state index in [1.165, 1.54) is 9.80 Å². The van der Waals surface area contributed by atoms with Crippen LogP contribution < -0.4 is 5.32 Å². The Balaban J connectivity index is 1.70. The first kappa shape index (κ1) is 22.7. The Kier molecular flexibility index (Phi) is 7.25. The van der Waals surface area contributed by atoms with Gasteiger partial charge < -0.3 is 10.2 Å². The molecule has 1 heterocycles. The summed E-state index contributed by atoms with van der Waals surface area (Å²) in [4.78, 5) is 53.7. The van der Waals surface area contributed by atoms with Gasteiger partial charge in [-0.25, -0.2) is 0 Å². The normalized spacial score (nSPS) is 21.1. The third kappa shape index (κ3) is 5.03. The van der Waals surface area contributed by atoms with E-state index in [2.05, 4.69) is 5.32 Å². The predicted octanol–water partition coefficient (Wildman–Crippen LogP) is 2.19. The molecule has 0 radical (unpaired) electrons. The maximum Gasteiger partial charge on any atom is 0.242 e. The van der Waals surface area contributed by atoms with Crippen molar-refractivity contribution in [3.8, 4) is 0 Å². The highest BCUT2D eigenvalue weighted by Crippen LogP contribution is 2.35. The predicted molar refractivity (Wildman–Crippen MR) is 117 cm³/mol. The van der Waals surface area contributed by atoms with Gasteiger partial charge >= 0.3 is 0 Å². The quantitative estimate of drug-likeness (QED) is 0.511. The van der Waals surface area contributed by atoms with Crippen LogP contribution in [0.4, 0.5) is 0 Å². The van der Waals surface area contributed by atoms with Crippen LogP contribution in [0.5, 0.6) is 0 Å². The van der Waals surface area contributed by atoms with E-state index < -0.39 is 6.04 Å². The molecule has 1 aliphatic carbocycles. The van der Waals surface area contributed by atoms with Crippen molar-refractivity contribution in [1.29, 1.82) is 0 Å². The van der Waals surface area contributed by atoms with Gasteiger partial charge in [-0.05, 0) is 39.2 Å². The van der Waals surface area contributed by atoms with E-state index in [1.807, 2.05) is 50.3 Å². The highest BCUT2D eigenvalue weighted by atomic mass is 16.2. The van der Waals surface area contributed by atoms with Gasteiger partial charge in [0.15, 0.2) is 0 Å². The van der Waals surface area contributed by atoms with E-state index in [0.717, 1.165) is 11.1 Å². The van der Waals surface area contributed by atoms with Crippen LogP contribution in [-0.2, 0) is 25.7 Å². The van der Waals surface area contributed by atoms with Crippen LogP contribution in [0.2, 0.25) is 0 Å². The molecule has 2 aliphatic rings. The van der Waals surface area contributed by atoms with Crippen LogP contribution in [0.1, 0.15) is 44.2 Å². The lowest BCUT2D eigenvalue weighted by Crippen LogP contribution is -2.48. The number of carbonyl (C=O) groups is 4. The average Bonchev–Trinajstić information content (AvgIpc) is 3.01. The second kappa shape index (κ2) is 9.90. The molecule has 7 heteroatoms. The Morgan fingerprint density at radius 1 is 1.10 bits per heavy atom. The lowest BCUT2D eigenvalue weighted by atomic mass is 9.85. The van der Waals surface area contributed by atoms with Crippen molar-refractivity contribution < 1.29 is 19.2 Å². The van der Waals surface area contributed by atoms with Crippen LogP contribution >= 0.6 is 0 Å². The average molecular weight is 426 g/mol. The second-order valence-corrected chi connectivity index (χ2v) is 8.31. The fourth-order valence-electron chi connectivity index (χ4n) is 4.24. The van der Waals surface area contributed by atoms with Gasteiger partial charge in [0.2, 0.25) is 23.6 Å². The summed E-state index contributed by atoms with van der Waals surface area (Å²) in [6.45, 7) is 6.33. The molecule has 3 atom stereocenters. The van der Waals surface area contributed by atoms with Gasteiger partial charge in [0.1, 0.15) is 6.04 Å². The van der Waals surface area contributed by atoms with Crippen molar-refractivity contribution in [2.45, 2.75) is 52.6 Å². The van der Waals surface area contributed by atoms with Crippen LogP contribution in [0.15, 0.2) is 36.4 Å². The topological polar surface area (TPSA) is 86.8 Å². The molecule has 31 heavy (non-hydrogen) atoms. The first-order valence-electron chi connectivity index (χ1n) is 11.0. The summed E-state index contributed by atoms with van der Waals surface area (Å²) in [6, 6.07) is 7.14. The van der Waals surface area contributed by atoms with E-state index in [4.69, 9.17) is 0 Å². The van der Waals surface area contributed by atoms with Gasteiger partial charge in [0.05, 0.1) is 11.8 Å². The highest BCUT2D eigenvalue weighted by Gasteiger charge is 2.47. The number of likely N-dealkylation sites (N-methyl/N-ethyl adjacent to an activating group) is 1. The van der Waals surface area contributed by atoms with Crippen molar-refractivity contribution >= 4 is 23.6 Å². The highest BCUT2D eigenvalue weighted by molar-refractivity contribution is 6.05. The number of fused-ring (bicyclic) bond motifs is 1. The monoisotopic (exact) mass is 425 g/mol. The number of aryl methyl sites for hydroxylation is 1. The SMILES string of the molecule is CCNC(=O)[C@@H](C)N(Cc1ccc(C)cc1)C(=O)CCN1C(=O)[C@H]2CC=CC[C@H]2C1=O. The van der Waals surface area contributed by atoms with Gasteiger partial charge in [0.25, 0.3) is 0 Å². The first-order valence-corrected chi connectivity index (χ1v) is 11.0. The molecule has 0 saturated carbocycles. The van der Waals surface area contributed by atoms with E-state index in [1.54, 1.807) is 6.92 Å². The maximum atomic E-state index is 13.1. The van der Waals surface area contributed by atoms with Gasteiger partial charge in [-0.3, -0.25) is 24.1 Å². The van der Waals surface area contributed by atoms with Crippen LogP contribution in [-0.4, -0.2) is 52.6 Å². The molecule has 0 aromatic heterocycles. The first-order chi connectivity index (χ1) is 14.8. The molecular weight excluding hydrogens is 394 g/mol. The molecule has 1 aromatic carbocycles. The summed E-state index contributed by atoms with van der Waals surface area (Å²) < 4.78 is 0. The van der Waals surface area contributed by atoms with Crippen LogP contribution in [0.3, 0.4) is 0 Å². The number of amides is 4. The summed E-state index contributed by atoms with van der Waals surface area (Å²) in [5, 5.41) is 2.76. The molecule has 4 amide bonds. The van der Waals surface area contributed by atoms with Gasteiger partial charge in [-0.1, -0.05) is 42.0 Å². The molecule has 1 N–H and O–H groups in total. The van der Waals surface area contributed by atoms with Crippen molar-refractivity contribution in [2.24, 2.45) is 11.8 Å². The number of rotatable bonds is 8. The molecule has 1 aliphatic heterocycles. The number of hydrogen-bond donors (Lipinski definition) is 1. The zero-order chi connectivity index (χ0) is 22.5. The van der Waals surface area contributed by atoms with E-state index >= 15 is 0 Å². The summed E-state index contributed by atoms with van der Waals surface area (Å²) in [6.07, 6.45) is 5.04. The minimum Gasteiger partial charge on any atom is -0.355 e. The van der Waals surface area contributed by atoms with Crippen LogP contribution in [0.25, 0.3) is 0 Å². The van der Waals surface area contributed by atoms with Crippen molar-refractivity contribution in [3.05, 3.63) is 47.5 Å². The number of hydrogen-bond acceptors (Lipinski definition) is 4. The molecule has 1 fully saturated rings. The molecule has 0 bridgehead atoms. The number of imide groups is 1. The molecule has 1 saturated heterocycles. The van der Waals surface area contributed by atoms with Crippen LogP contribution in [0, 0.1) is 18.8 Å². The lowest BCUT2D eigenvalue weighted by Gasteiger charge is -2.29. The minimum absolute atomic E-state index is 0.0000447. The van der Waals surface area contributed by atoms with E-state index in [9.17, 15) is 19.2 Å². The van der Waals surface area contributed by atoms with Crippen molar-refractivity contribution in [2.75, 3.05) is 13.1 Å². The molecule has 0 spiro atoms. The number of likely N-dealkylation sites (tertiary alicyclic amines) is 1. The number of nitrogens with zero attached hydrogens (tertiary/aromatic N) is 2. The third-order valence-corrected chi connectivity index (χ3v) is 6.14. The Morgan fingerprint density at radius 2 is 1.68 bits per heavy atom. The molecule has 166 valence electrons. The number of nitrogens with one attached hydrogen (secondary N) is 1. The maximum absolute atomic E-state index is 13.1. The molecule has 0 unspecified atom stereocenters. The van der Waals surface area contributed by atoms with Crippen molar-refractivity contribution in [3.63, 3.8) is 0 Å². The fourth-order valence-corrected chi connectivity index (χ4v) is 4.24. The minimum atomic E-state index is -0.662. The molecular formula is C24H31N3O4. The zero-order valence-electron chi connectivity index (χ0n) is 18.5. The Bertz CT molecular complexity index is 851. The number of allylic oxidation sites excluding steroid dienone is 2. The zero-order valence-corrected chi connectivity index (χ0v) is 18.5. The Hall–Kier alpha value is -2.96. The fraction of sp³-hybridized carbons (Fsp3) is 0.500. The Morgan fingerprint density at radius 3 is 2.23 bits per heavy atom. The van der Waals surface area contributed by atoms with Gasteiger partial charge in [0, 0.05) is 26.1 Å². The summed E-state index contributed by atoms with van der Waals surface area (Å²) in [7, 11) is 0. The number of benzene rings is 1. The molecule has 7 nitrogen and oxygen atoms in total. The summed E-state index contributed by atoms with van der Waals surface area (Å²) in [5.41, 5.74) is 2.03. The summed E-state index contributed by atoms with van der Waals surface area (Å²) in [5.74, 6) is -1.46. The van der Waals surface area contributed by atoms with Gasteiger partial charge in [-0.2, -0.15) is 0 Å². The third-order valence-electron chi connectivity index (χ3n) is 6.14. The Labute approximate surface area is 183 Å². The van der Waals surface area contributed by atoms with Crippen molar-refractivity contribution in [1.82, 2.24) is 15.1 Å². The number of carbonyl (C=O) groups excluding carboxylic acids is 4. The smallest absolute Gasteiger partial charge is 0.242 e.